The normalized spacial score (nSPS) is 23.5. The Labute approximate surface area is 163 Å². The topological polar surface area (TPSA) is 65.0 Å². The first-order chi connectivity index (χ1) is 13.4. The highest BCUT2D eigenvalue weighted by Crippen LogP contribution is 2.48. The number of phenols is 1. The number of ether oxygens (including phenoxy) is 3. The summed E-state index contributed by atoms with van der Waals surface area (Å²) >= 11 is 0. The molecule has 0 saturated carbocycles. The van der Waals surface area contributed by atoms with Gasteiger partial charge in [0.15, 0.2) is 17.3 Å². The maximum Gasteiger partial charge on any atom is 0.178 e. The van der Waals surface area contributed by atoms with E-state index in [0.717, 1.165) is 12.0 Å². The first kappa shape index (κ1) is 17.2. The summed E-state index contributed by atoms with van der Waals surface area (Å²) in [6.45, 7) is 4.66. The Morgan fingerprint density at radius 1 is 1.25 bits per heavy atom. The SMILES string of the molecule is COc1cc2c(cc1O)[C@@H]1C(=O)c3ccc4c(c3O[C@@H]1CO2)C=CC(C)(C)C4. The molecule has 0 amide bonds. The van der Waals surface area contributed by atoms with Crippen molar-refractivity contribution >= 4 is 11.9 Å². The zero-order valence-corrected chi connectivity index (χ0v) is 16.1. The van der Waals surface area contributed by atoms with Crippen LogP contribution in [0.4, 0.5) is 0 Å². The van der Waals surface area contributed by atoms with Gasteiger partial charge in [0, 0.05) is 17.2 Å². The van der Waals surface area contributed by atoms with Crippen LogP contribution in [-0.2, 0) is 6.42 Å². The van der Waals surface area contributed by atoms with Gasteiger partial charge in [-0.25, -0.2) is 0 Å². The Hall–Kier alpha value is -2.95. The number of aromatic hydroxyl groups is 1. The van der Waals surface area contributed by atoms with Crippen LogP contribution in [0.15, 0.2) is 30.3 Å². The number of methoxy groups -OCH3 is 1. The van der Waals surface area contributed by atoms with Crippen LogP contribution < -0.4 is 14.2 Å². The molecule has 144 valence electrons. The smallest absolute Gasteiger partial charge is 0.178 e. The second-order valence-electron chi connectivity index (χ2n) is 8.38. The third kappa shape index (κ3) is 2.42. The number of allylic oxidation sites excluding steroid dienone is 1. The van der Waals surface area contributed by atoms with Crippen LogP contribution in [0.25, 0.3) is 6.08 Å². The summed E-state index contributed by atoms with van der Waals surface area (Å²) < 4.78 is 17.3. The molecular formula is C23H22O5. The van der Waals surface area contributed by atoms with Crippen molar-refractivity contribution in [2.75, 3.05) is 13.7 Å². The van der Waals surface area contributed by atoms with Crippen LogP contribution in [0.1, 0.15) is 46.8 Å². The Morgan fingerprint density at radius 3 is 2.86 bits per heavy atom. The van der Waals surface area contributed by atoms with Crippen LogP contribution in [0.2, 0.25) is 0 Å². The second kappa shape index (κ2) is 5.77. The zero-order chi connectivity index (χ0) is 19.6. The van der Waals surface area contributed by atoms with Crippen LogP contribution in [0.3, 0.4) is 0 Å². The van der Waals surface area contributed by atoms with Crippen molar-refractivity contribution < 1.29 is 24.1 Å². The predicted octanol–water partition coefficient (Wildman–Crippen LogP) is 4.12. The van der Waals surface area contributed by atoms with Crippen LogP contribution in [0, 0.1) is 5.41 Å². The molecule has 0 spiro atoms. The van der Waals surface area contributed by atoms with Gasteiger partial charge >= 0.3 is 0 Å². The highest BCUT2D eigenvalue weighted by molar-refractivity contribution is 6.06. The number of carbonyl (C=O) groups excluding carboxylic acids is 1. The number of fused-ring (bicyclic) bond motifs is 6. The third-order valence-electron chi connectivity index (χ3n) is 5.87. The summed E-state index contributed by atoms with van der Waals surface area (Å²) in [7, 11) is 1.48. The molecule has 2 atom stereocenters. The molecule has 3 aliphatic rings. The Kier molecular flexibility index (Phi) is 3.54. The molecule has 28 heavy (non-hydrogen) atoms. The monoisotopic (exact) mass is 378 g/mol. The largest absolute Gasteiger partial charge is 0.504 e. The van der Waals surface area contributed by atoms with Gasteiger partial charge in [0.2, 0.25) is 0 Å². The lowest BCUT2D eigenvalue weighted by atomic mass is 9.76. The fourth-order valence-corrected chi connectivity index (χ4v) is 4.45. The summed E-state index contributed by atoms with van der Waals surface area (Å²) in [6.07, 6.45) is 4.73. The fourth-order valence-electron chi connectivity index (χ4n) is 4.45. The van der Waals surface area contributed by atoms with E-state index in [1.165, 1.54) is 12.7 Å². The number of rotatable bonds is 1. The maximum absolute atomic E-state index is 13.4. The van der Waals surface area contributed by atoms with E-state index >= 15 is 0 Å². The summed E-state index contributed by atoms with van der Waals surface area (Å²) in [6, 6.07) is 7.09. The van der Waals surface area contributed by atoms with Crippen molar-refractivity contribution in [1.29, 1.82) is 0 Å². The molecule has 2 aromatic rings. The van der Waals surface area contributed by atoms with Gasteiger partial charge < -0.3 is 19.3 Å². The Morgan fingerprint density at radius 2 is 2.07 bits per heavy atom. The molecule has 1 aliphatic carbocycles. The average molecular weight is 378 g/mol. The Balaban J connectivity index is 1.61. The van der Waals surface area contributed by atoms with Gasteiger partial charge in [-0.3, -0.25) is 4.79 Å². The van der Waals surface area contributed by atoms with E-state index in [0.29, 0.717) is 28.4 Å². The molecule has 5 heteroatoms. The van der Waals surface area contributed by atoms with Crippen molar-refractivity contribution in [1.82, 2.24) is 0 Å². The number of carbonyl (C=O) groups is 1. The Bertz CT molecular complexity index is 1030. The average Bonchev–Trinajstić information content (AvgIpc) is 2.66. The maximum atomic E-state index is 13.4. The molecule has 2 aromatic carbocycles. The van der Waals surface area contributed by atoms with Crippen molar-refractivity contribution in [2.24, 2.45) is 5.41 Å². The molecule has 2 aliphatic heterocycles. The molecule has 0 saturated heterocycles. The molecule has 0 radical (unpaired) electrons. The molecule has 0 bridgehead atoms. The van der Waals surface area contributed by atoms with Crippen molar-refractivity contribution in [2.45, 2.75) is 32.3 Å². The van der Waals surface area contributed by atoms with Crippen molar-refractivity contribution in [3.8, 4) is 23.0 Å². The summed E-state index contributed by atoms with van der Waals surface area (Å²) in [4.78, 5) is 13.4. The highest BCUT2D eigenvalue weighted by Gasteiger charge is 2.44. The molecule has 5 rings (SSSR count). The van der Waals surface area contributed by atoms with Crippen LogP contribution >= 0.6 is 0 Å². The lowest BCUT2D eigenvalue weighted by Gasteiger charge is -2.38. The first-order valence-electron chi connectivity index (χ1n) is 9.47. The van der Waals surface area contributed by atoms with Gasteiger partial charge in [-0.15, -0.1) is 0 Å². The number of hydrogen-bond donors (Lipinski definition) is 1. The van der Waals surface area contributed by atoms with Gasteiger partial charge in [-0.2, -0.15) is 0 Å². The van der Waals surface area contributed by atoms with E-state index in [4.69, 9.17) is 14.2 Å². The predicted molar refractivity (Wildman–Crippen MR) is 105 cm³/mol. The third-order valence-corrected chi connectivity index (χ3v) is 5.87. The van der Waals surface area contributed by atoms with Gasteiger partial charge in [0.05, 0.1) is 18.6 Å². The molecule has 0 aromatic heterocycles. The second-order valence-corrected chi connectivity index (χ2v) is 8.38. The number of ketones is 1. The summed E-state index contributed by atoms with van der Waals surface area (Å²) in [5, 5.41) is 10.2. The molecule has 1 N–H and O–H groups in total. The van der Waals surface area contributed by atoms with E-state index in [9.17, 15) is 9.90 Å². The minimum atomic E-state index is -0.505. The minimum absolute atomic E-state index is 0.00130. The summed E-state index contributed by atoms with van der Waals surface area (Å²) in [5.74, 6) is 1.01. The van der Waals surface area contributed by atoms with E-state index in [-0.39, 0.29) is 23.6 Å². The molecular weight excluding hydrogens is 356 g/mol. The first-order valence-corrected chi connectivity index (χ1v) is 9.47. The number of Topliss-reactive ketones (excluding diaryl/α,β-unsaturated/α-hetero) is 1. The van der Waals surface area contributed by atoms with Crippen LogP contribution in [0.5, 0.6) is 23.0 Å². The molecule has 2 heterocycles. The lowest BCUT2D eigenvalue weighted by molar-refractivity contribution is 0.0557. The number of benzene rings is 2. The van der Waals surface area contributed by atoms with Crippen molar-refractivity contribution in [3.05, 3.63) is 52.6 Å². The quantitative estimate of drug-likeness (QED) is 0.809. The standard InChI is InChI=1S/C23H22O5/c1-23(2)7-6-13-12(10-23)4-5-14-21(25)20-15-8-16(24)18(26-3)9-17(15)27-11-19(20)28-22(13)14/h4-9,19-20,24H,10-11H2,1-3H3/t19-,20+/m1/s1. The van der Waals surface area contributed by atoms with E-state index in [1.807, 2.05) is 12.1 Å². The molecule has 0 fully saturated rings. The molecule has 5 nitrogen and oxygen atoms in total. The van der Waals surface area contributed by atoms with Crippen LogP contribution in [-0.4, -0.2) is 30.7 Å². The highest BCUT2D eigenvalue weighted by atomic mass is 16.5. The fraction of sp³-hybridized carbons (Fsp3) is 0.348. The van der Waals surface area contributed by atoms with Gasteiger partial charge in [0.1, 0.15) is 24.2 Å². The minimum Gasteiger partial charge on any atom is -0.504 e. The lowest BCUT2D eigenvalue weighted by Crippen LogP contribution is -2.43. The van der Waals surface area contributed by atoms with Crippen molar-refractivity contribution in [3.63, 3.8) is 0 Å². The molecule has 0 unspecified atom stereocenters. The number of phenolic OH excluding ortho intramolecular Hbond substituents is 1. The van der Waals surface area contributed by atoms with Gasteiger partial charge in [0.25, 0.3) is 0 Å². The van der Waals surface area contributed by atoms with E-state index in [2.05, 4.69) is 26.0 Å². The van der Waals surface area contributed by atoms with Gasteiger partial charge in [-0.05, 0) is 29.5 Å². The van der Waals surface area contributed by atoms with Gasteiger partial charge in [-0.1, -0.05) is 32.1 Å². The zero-order valence-electron chi connectivity index (χ0n) is 16.1. The van der Waals surface area contributed by atoms with E-state index in [1.54, 1.807) is 12.1 Å². The summed E-state index contributed by atoms with van der Waals surface area (Å²) in [5.41, 5.74) is 3.50. The van der Waals surface area contributed by atoms with E-state index < -0.39 is 12.0 Å². The number of hydrogen-bond acceptors (Lipinski definition) is 5.